The molecule has 0 radical (unpaired) electrons. The van der Waals surface area contributed by atoms with E-state index in [1.807, 2.05) is 20.8 Å². The van der Waals surface area contributed by atoms with E-state index in [0.717, 1.165) is 13.1 Å². The molecule has 0 heterocycles. The van der Waals surface area contributed by atoms with Crippen LogP contribution in [0.3, 0.4) is 0 Å². The minimum absolute atomic E-state index is 0.0262. The van der Waals surface area contributed by atoms with E-state index < -0.39 is 0 Å². The monoisotopic (exact) mass is 201 g/mol. The Hall–Kier alpha value is -0.570. The lowest BCUT2D eigenvalue weighted by Gasteiger charge is -2.15. The topological polar surface area (TPSA) is 38.3 Å². The van der Waals surface area contributed by atoms with Crippen molar-refractivity contribution in [3.8, 4) is 0 Å². The van der Waals surface area contributed by atoms with Gasteiger partial charge in [-0.05, 0) is 19.9 Å². The molecule has 0 saturated heterocycles. The minimum atomic E-state index is -0.116. The summed E-state index contributed by atoms with van der Waals surface area (Å²) in [4.78, 5) is 11.2. The van der Waals surface area contributed by atoms with Crippen LogP contribution in [-0.4, -0.2) is 25.2 Å². The van der Waals surface area contributed by atoms with Gasteiger partial charge in [-0.15, -0.1) is 0 Å². The molecule has 1 N–H and O–H groups in total. The largest absolute Gasteiger partial charge is 0.461 e. The Kier molecular flexibility index (Phi) is 7.48. The van der Waals surface area contributed by atoms with Crippen molar-refractivity contribution in [3.05, 3.63) is 0 Å². The average molecular weight is 201 g/mol. The first-order chi connectivity index (χ1) is 6.57. The first-order valence-corrected chi connectivity index (χ1v) is 5.49. The van der Waals surface area contributed by atoms with Crippen LogP contribution in [0.4, 0.5) is 0 Å². The predicted octanol–water partition coefficient (Wildman–Crippen LogP) is 1.96. The summed E-state index contributed by atoms with van der Waals surface area (Å²) in [6.45, 7) is 9.51. The van der Waals surface area contributed by atoms with Gasteiger partial charge in [0.25, 0.3) is 0 Å². The predicted molar refractivity (Wildman–Crippen MR) is 58.2 cm³/mol. The molecule has 3 heteroatoms. The van der Waals surface area contributed by atoms with Crippen LogP contribution in [0.5, 0.6) is 0 Å². The maximum absolute atomic E-state index is 11.2. The maximum atomic E-state index is 11.2. The normalized spacial score (nSPS) is 12.9. The Morgan fingerprint density at radius 1 is 1.36 bits per heavy atom. The minimum Gasteiger partial charge on any atom is -0.461 e. The first-order valence-electron chi connectivity index (χ1n) is 5.49. The van der Waals surface area contributed by atoms with Crippen molar-refractivity contribution in [1.29, 1.82) is 0 Å². The lowest BCUT2D eigenvalue weighted by atomic mass is 10.2. The Bertz CT molecular complexity index is 157. The molecular formula is C11H23NO2. The summed E-state index contributed by atoms with van der Waals surface area (Å²) in [5.41, 5.74) is 0. The molecule has 0 rings (SSSR count). The highest BCUT2D eigenvalue weighted by atomic mass is 16.5. The molecule has 14 heavy (non-hydrogen) atoms. The van der Waals surface area contributed by atoms with Gasteiger partial charge in [0.2, 0.25) is 0 Å². The van der Waals surface area contributed by atoms with E-state index in [4.69, 9.17) is 4.74 Å². The van der Waals surface area contributed by atoms with Gasteiger partial charge >= 0.3 is 5.97 Å². The van der Waals surface area contributed by atoms with Gasteiger partial charge in [0.15, 0.2) is 0 Å². The third kappa shape index (κ3) is 6.89. The van der Waals surface area contributed by atoms with Crippen molar-refractivity contribution in [2.45, 2.75) is 46.6 Å². The third-order valence-electron chi connectivity index (χ3n) is 1.93. The van der Waals surface area contributed by atoms with Crippen LogP contribution in [0, 0.1) is 5.92 Å². The van der Waals surface area contributed by atoms with E-state index in [9.17, 15) is 4.79 Å². The van der Waals surface area contributed by atoms with Crippen LogP contribution in [0.15, 0.2) is 0 Å². The summed E-state index contributed by atoms with van der Waals surface area (Å²) >= 11 is 0. The summed E-state index contributed by atoms with van der Waals surface area (Å²) in [5, 5.41) is 3.25. The second-order valence-corrected chi connectivity index (χ2v) is 3.96. The van der Waals surface area contributed by atoms with Gasteiger partial charge < -0.3 is 10.1 Å². The van der Waals surface area contributed by atoms with Crippen LogP contribution in [0.1, 0.15) is 40.5 Å². The number of hydrogen-bond acceptors (Lipinski definition) is 3. The van der Waals surface area contributed by atoms with Gasteiger partial charge in [-0.1, -0.05) is 27.2 Å². The maximum Gasteiger partial charge on any atom is 0.308 e. The van der Waals surface area contributed by atoms with E-state index >= 15 is 0 Å². The smallest absolute Gasteiger partial charge is 0.308 e. The summed E-state index contributed by atoms with van der Waals surface area (Å²) in [6, 6.07) is 0. The van der Waals surface area contributed by atoms with Gasteiger partial charge in [-0.2, -0.15) is 0 Å². The third-order valence-corrected chi connectivity index (χ3v) is 1.93. The zero-order valence-electron chi connectivity index (χ0n) is 9.80. The van der Waals surface area contributed by atoms with Crippen LogP contribution < -0.4 is 5.32 Å². The molecule has 0 aliphatic rings. The highest BCUT2D eigenvalue weighted by Crippen LogP contribution is 1.99. The molecule has 1 unspecified atom stereocenters. The first kappa shape index (κ1) is 13.4. The van der Waals surface area contributed by atoms with Crippen molar-refractivity contribution >= 4 is 5.97 Å². The van der Waals surface area contributed by atoms with Crippen LogP contribution in [-0.2, 0) is 9.53 Å². The summed E-state index contributed by atoms with van der Waals surface area (Å²) in [5.74, 6) is -0.150. The summed E-state index contributed by atoms with van der Waals surface area (Å²) in [7, 11) is 0. The number of carbonyl (C=O) groups is 1. The lowest BCUT2D eigenvalue weighted by molar-refractivity contribution is -0.151. The van der Waals surface area contributed by atoms with E-state index in [0.29, 0.717) is 0 Å². The molecule has 0 aromatic heterocycles. The number of carbonyl (C=O) groups excluding carboxylic acids is 1. The molecule has 3 nitrogen and oxygen atoms in total. The quantitative estimate of drug-likeness (QED) is 0.505. The van der Waals surface area contributed by atoms with E-state index in [2.05, 4.69) is 12.2 Å². The van der Waals surface area contributed by atoms with Gasteiger partial charge in [-0.3, -0.25) is 4.79 Å². The number of nitrogens with one attached hydrogen (secondary N) is 1. The van der Waals surface area contributed by atoms with Gasteiger partial charge in [-0.25, -0.2) is 0 Å². The Morgan fingerprint density at radius 2 is 2.00 bits per heavy atom. The van der Waals surface area contributed by atoms with E-state index in [-0.39, 0.29) is 18.0 Å². The SMILES string of the molecule is CCCCNCC(C)OC(=O)C(C)C. The molecule has 1 atom stereocenters. The van der Waals surface area contributed by atoms with E-state index in [1.165, 1.54) is 12.8 Å². The number of rotatable bonds is 7. The van der Waals surface area contributed by atoms with E-state index in [1.54, 1.807) is 0 Å². The highest BCUT2D eigenvalue weighted by Gasteiger charge is 2.12. The second kappa shape index (κ2) is 7.80. The fourth-order valence-electron chi connectivity index (χ4n) is 0.983. The molecule has 84 valence electrons. The molecule has 0 bridgehead atoms. The van der Waals surface area contributed by atoms with Crippen molar-refractivity contribution in [2.24, 2.45) is 5.92 Å². The molecule has 0 amide bonds. The Morgan fingerprint density at radius 3 is 2.50 bits per heavy atom. The molecule has 0 fully saturated rings. The number of ether oxygens (including phenoxy) is 1. The van der Waals surface area contributed by atoms with Gasteiger partial charge in [0.05, 0.1) is 5.92 Å². The Balaban J connectivity index is 3.45. The van der Waals surface area contributed by atoms with Crippen molar-refractivity contribution in [2.75, 3.05) is 13.1 Å². The van der Waals surface area contributed by atoms with Crippen molar-refractivity contribution in [1.82, 2.24) is 5.32 Å². The molecular weight excluding hydrogens is 178 g/mol. The van der Waals surface area contributed by atoms with Crippen molar-refractivity contribution < 1.29 is 9.53 Å². The fourth-order valence-corrected chi connectivity index (χ4v) is 0.983. The zero-order valence-corrected chi connectivity index (χ0v) is 9.80. The number of hydrogen-bond donors (Lipinski definition) is 1. The standard InChI is InChI=1S/C11H23NO2/c1-5-6-7-12-8-10(4)14-11(13)9(2)3/h9-10,12H,5-8H2,1-4H3. The van der Waals surface area contributed by atoms with Crippen LogP contribution >= 0.6 is 0 Å². The molecule has 0 aromatic carbocycles. The van der Waals surface area contributed by atoms with Gasteiger partial charge in [0.1, 0.15) is 6.10 Å². The zero-order chi connectivity index (χ0) is 11.0. The second-order valence-electron chi connectivity index (χ2n) is 3.96. The van der Waals surface area contributed by atoms with Crippen LogP contribution in [0.25, 0.3) is 0 Å². The van der Waals surface area contributed by atoms with Crippen LogP contribution in [0.2, 0.25) is 0 Å². The summed E-state index contributed by atoms with van der Waals surface area (Å²) in [6.07, 6.45) is 2.33. The average Bonchev–Trinajstić information content (AvgIpc) is 2.12. The molecule has 0 aliphatic carbocycles. The Labute approximate surface area is 87.2 Å². The van der Waals surface area contributed by atoms with Crippen molar-refractivity contribution in [3.63, 3.8) is 0 Å². The lowest BCUT2D eigenvalue weighted by Crippen LogP contribution is -2.30. The molecule has 0 aliphatic heterocycles. The highest BCUT2D eigenvalue weighted by molar-refractivity contribution is 5.71. The molecule has 0 aromatic rings. The van der Waals surface area contributed by atoms with Gasteiger partial charge in [0, 0.05) is 6.54 Å². The fraction of sp³-hybridized carbons (Fsp3) is 0.909. The molecule has 0 spiro atoms. The molecule has 0 saturated carbocycles. The number of unbranched alkanes of at least 4 members (excludes halogenated alkanes) is 1. The summed E-state index contributed by atoms with van der Waals surface area (Å²) < 4.78 is 5.19. The number of esters is 1.